The smallest absolute Gasteiger partial charge is 0.786 e. The number of hydrogen-bond donors (Lipinski definition) is 0. The normalized spacial score (nSPS) is 9.83. The molecule has 0 aromatic rings. The Morgan fingerprint density at radius 1 is 0.833 bits per heavy atom. The molecule has 1 radical (unpaired) electrons. The van der Waals surface area contributed by atoms with E-state index in [9.17, 15) is 8.39 Å². The molecule has 0 atom stereocenters. The van der Waals surface area contributed by atoms with Gasteiger partial charge in [-0.3, -0.25) is 0 Å². The summed E-state index contributed by atoms with van der Waals surface area (Å²) < 4.78 is 37.1. The van der Waals surface area contributed by atoms with Crippen molar-refractivity contribution in [2.75, 3.05) is 0 Å². The van der Waals surface area contributed by atoms with Gasteiger partial charge in [-0.25, -0.2) is 8.39 Å². The van der Waals surface area contributed by atoms with E-state index in [0.29, 0.717) is 0 Å². The van der Waals surface area contributed by atoms with Crippen LogP contribution in [-0.2, 0) is 27.7 Å². The predicted molar refractivity (Wildman–Crippen MR) is 17.4 cm³/mol. The fraction of sp³-hybridized carbons (Fsp3) is 0. The third-order valence-corrected chi connectivity index (χ3v) is 0. The van der Waals surface area contributed by atoms with Crippen LogP contribution in [-0.4, -0.2) is 0 Å². The van der Waals surface area contributed by atoms with Crippen LogP contribution >= 0.6 is 15.8 Å². The third kappa shape index (κ3) is 446. The predicted octanol–water partition coefficient (Wildman–Crippen LogP) is -5.43. The van der Waals surface area contributed by atoms with Gasteiger partial charge in [-0.15, -0.1) is 0 Å². The minimum absolute atomic E-state index is 0. The summed E-state index contributed by atoms with van der Waals surface area (Å²) >= 11 is 0. The van der Waals surface area contributed by atoms with E-state index in [1.165, 1.54) is 0 Å². The zero-order chi connectivity index (χ0) is 9.00. The Morgan fingerprint density at radius 2 is 0.833 bits per heavy atom. The fourth-order valence-corrected chi connectivity index (χ4v) is 0. The molecule has 0 aliphatic carbocycles. The molecule has 0 rings (SSSR count). The van der Waals surface area contributed by atoms with E-state index < -0.39 is 15.8 Å². The summed E-state index contributed by atoms with van der Waals surface area (Å²) in [7, 11) is -11.3. The van der Waals surface area contributed by atoms with Crippen LogP contribution in [0.5, 0.6) is 0 Å². The maximum atomic E-state index is 10.1. The quantitative estimate of drug-likeness (QED) is 0.319. The van der Waals surface area contributed by atoms with Crippen LogP contribution in [0.2, 0.25) is 0 Å². The first kappa shape index (κ1) is 23.5. The van der Waals surface area contributed by atoms with Gasteiger partial charge in [0.1, 0.15) is 15.8 Å². The Balaban J connectivity index is -0.0000000457. The van der Waals surface area contributed by atoms with E-state index in [1.807, 2.05) is 0 Å². The molecule has 0 saturated carbocycles. The molecule has 0 saturated heterocycles. The molecule has 0 aliphatic heterocycles. The van der Waals surface area contributed by atoms with Gasteiger partial charge in [-0.1, -0.05) is 0 Å². The Hall–Kier alpha value is 1.74. The second kappa shape index (κ2) is 9.31. The summed E-state index contributed by atoms with van der Waals surface area (Å²) in [6.45, 7) is 0. The van der Waals surface area contributed by atoms with Crippen LogP contribution in [0.1, 0.15) is 0 Å². The van der Waals surface area contributed by atoms with Crippen molar-refractivity contribution in [1.29, 1.82) is 0 Å². The molecule has 0 spiro atoms. The summed E-state index contributed by atoms with van der Waals surface area (Å²) in [6, 6.07) is 0. The molecular formula is F2NaO6P2V-3. The Kier molecular flexibility index (Phi) is 18.2. The van der Waals surface area contributed by atoms with Crippen molar-refractivity contribution in [3.8, 4) is 0 Å². The minimum atomic E-state index is -5.64. The van der Waals surface area contributed by atoms with E-state index in [-0.39, 0.29) is 48.1 Å². The summed E-state index contributed by atoms with van der Waals surface area (Å²) in [6.07, 6.45) is 0. The molecule has 12 heteroatoms. The van der Waals surface area contributed by atoms with Gasteiger partial charge < -0.3 is 28.7 Å². The summed E-state index contributed by atoms with van der Waals surface area (Å²) in [5.41, 5.74) is 0. The Morgan fingerprint density at radius 3 is 0.833 bits per heavy atom. The zero-order valence-electron chi connectivity index (χ0n) is 5.55. The van der Waals surface area contributed by atoms with Crippen molar-refractivity contribution >= 4 is 15.8 Å². The monoisotopic (exact) mass is 270 g/mol. The maximum absolute atomic E-state index is 10.1. The van der Waals surface area contributed by atoms with Gasteiger partial charge in [0.2, 0.25) is 0 Å². The van der Waals surface area contributed by atoms with Crippen LogP contribution in [0, 0.1) is 0 Å². The van der Waals surface area contributed by atoms with Crippen LogP contribution in [0.3, 0.4) is 0 Å². The van der Waals surface area contributed by atoms with Gasteiger partial charge in [0.25, 0.3) is 0 Å². The SMILES string of the molecule is O=P([O-])([O-])F.O=P([O-])([O-])F.[Na+].[V]. The Labute approximate surface area is 100 Å². The fourth-order valence-electron chi connectivity index (χ4n) is 0. The van der Waals surface area contributed by atoms with Crippen LogP contribution in [0.15, 0.2) is 0 Å². The molecule has 0 N–H and O–H groups in total. The van der Waals surface area contributed by atoms with Crippen LogP contribution in [0.25, 0.3) is 0 Å². The second-order valence-electron chi connectivity index (χ2n) is 0.861. The van der Waals surface area contributed by atoms with E-state index in [4.69, 9.17) is 28.7 Å². The first-order chi connectivity index (χ1) is 4.00. The van der Waals surface area contributed by atoms with E-state index in [0.717, 1.165) is 0 Å². The van der Waals surface area contributed by atoms with Crippen molar-refractivity contribution in [1.82, 2.24) is 0 Å². The van der Waals surface area contributed by atoms with Crippen molar-refractivity contribution in [2.24, 2.45) is 0 Å². The first-order valence-corrected chi connectivity index (χ1v) is 4.30. The number of halogens is 2. The molecule has 6 nitrogen and oxygen atoms in total. The van der Waals surface area contributed by atoms with Gasteiger partial charge in [-0.05, 0) is 0 Å². The van der Waals surface area contributed by atoms with Crippen molar-refractivity contribution in [3.05, 3.63) is 0 Å². The third-order valence-electron chi connectivity index (χ3n) is 0. The topological polar surface area (TPSA) is 126 Å². The average molecular weight is 270 g/mol. The molecule has 0 aromatic carbocycles. The Bertz CT molecular complexity index is 136. The molecule has 69 valence electrons. The molecule has 12 heavy (non-hydrogen) atoms. The zero-order valence-corrected chi connectivity index (χ0v) is 10.7. The van der Waals surface area contributed by atoms with Gasteiger partial charge in [0, 0.05) is 18.6 Å². The van der Waals surface area contributed by atoms with Gasteiger partial charge in [-0.2, -0.15) is 0 Å². The standard InChI is InChI=1S/2FH2O3P.Na.V/c2*1-5(2,3)4;;/h2*(H2,2,3,4);;/q;;+1;/p-4. The second-order valence-corrected chi connectivity index (χ2v) is 2.58. The minimum Gasteiger partial charge on any atom is -0.786 e. The van der Waals surface area contributed by atoms with Crippen LogP contribution < -0.4 is 49.1 Å². The molecule has 0 fully saturated rings. The molecular weight excluding hydrogens is 270 g/mol. The molecule has 0 aromatic heterocycles. The first-order valence-electron chi connectivity index (χ1n) is 1.43. The van der Waals surface area contributed by atoms with E-state index >= 15 is 0 Å². The van der Waals surface area contributed by atoms with Crippen molar-refractivity contribution in [3.63, 3.8) is 0 Å². The van der Waals surface area contributed by atoms with E-state index in [2.05, 4.69) is 0 Å². The molecule has 0 bridgehead atoms. The molecule has 0 unspecified atom stereocenters. The van der Waals surface area contributed by atoms with Crippen LogP contribution in [0.4, 0.5) is 8.39 Å². The number of hydrogen-bond acceptors (Lipinski definition) is 6. The largest absolute Gasteiger partial charge is 1.00 e. The van der Waals surface area contributed by atoms with Gasteiger partial charge in [0.05, 0.1) is 0 Å². The molecule has 0 amide bonds. The van der Waals surface area contributed by atoms with Gasteiger partial charge in [0.15, 0.2) is 0 Å². The van der Waals surface area contributed by atoms with Crippen molar-refractivity contribution < 1.29 is 85.2 Å². The van der Waals surface area contributed by atoms with Crippen molar-refractivity contribution in [2.45, 2.75) is 0 Å². The molecule has 0 aliphatic rings. The van der Waals surface area contributed by atoms with E-state index in [1.54, 1.807) is 0 Å². The average Bonchev–Trinajstić information content (AvgIpc) is 1.12. The maximum Gasteiger partial charge on any atom is 1.00 e. The summed E-state index contributed by atoms with van der Waals surface area (Å²) in [5.74, 6) is 0. The summed E-state index contributed by atoms with van der Waals surface area (Å²) in [5, 5.41) is 0. The van der Waals surface area contributed by atoms with Gasteiger partial charge >= 0.3 is 29.6 Å². The number of rotatable bonds is 0. The summed E-state index contributed by atoms with van der Waals surface area (Å²) in [4.78, 5) is 33.8. The molecule has 0 heterocycles.